The summed E-state index contributed by atoms with van der Waals surface area (Å²) in [5.74, 6) is 1.38. The van der Waals surface area contributed by atoms with Crippen LogP contribution in [0.2, 0.25) is 0 Å². The van der Waals surface area contributed by atoms with E-state index in [1.807, 2.05) is 13.1 Å². The maximum atomic E-state index is 5.34. The molecule has 5 nitrogen and oxygen atoms in total. The summed E-state index contributed by atoms with van der Waals surface area (Å²) in [6.07, 6.45) is 3.61. The van der Waals surface area contributed by atoms with Gasteiger partial charge in [-0.3, -0.25) is 4.98 Å². The fourth-order valence-corrected chi connectivity index (χ4v) is 2.53. The van der Waals surface area contributed by atoms with Gasteiger partial charge in [-0.25, -0.2) is 4.98 Å². The van der Waals surface area contributed by atoms with Gasteiger partial charge in [0.25, 0.3) is 0 Å². The molecule has 102 valence electrons. The van der Waals surface area contributed by atoms with Crippen LogP contribution in [-0.4, -0.2) is 24.2 Å². The van der Waals surface area contributed by atoms with Crippen molar-refractivity contribution in [2.45, 2.75) is 20.0 Å². The first-order valence-electron chi connectivity index (χ1n) is 5.92. The number of pyridine rings is 1. The molecule has 2 heterocycles. The molecule has 2 rings (SSSR count). The van der Waals surface area contributed by atoms with Crippen molar-refractivity contribution in [3.05, 3.63) is 34.0 Å². The Labute approximate surface area is 116 Å². The lowest BCUT2D eigenvalue weighted by Gasteiger charge is -2.11. The number of aromatic nitrogens is 2. The number of thiazole rings is 1. The molecule has 0 aliphatic heterocycles. The Morgan fingerprint density at radius 3 is 2.68 bits per heavy atom. The maximum Gasteiger partial charge on any atom is 0.183 e. The van der Waals surface area contributed by atoms with Gasteiger partial charge in [0.1, 0.15) is 0 Å². The van der Waals surface area contributed by atoms with Crippen LogP contribution < -0.4 is 14.8 Å². The minimum Gasteiger partial charge on any atom is -0.493 e. The van der Waals surface area contributed by atoms with Crippen LogP contribution in [0.25, 0.3) is 0 Å². The summed E-state index contributed by atoms with van der Waals surface area (Å²) >= 11 is 1.69. The van der Waals surface area contributed by atoms with Crippen molar-refractivity contribution in [3.63, 3.8) is 0 Å². The highest BCUT2D eigenvalue weighted by molar-refractivity contribution is 7.11. The summed E-state index contributed by atoms with van der Waals surface area (Å²) in [4.78, 5) is 9.74. The minimum atomic E-state index is 0.622. The SMILES string of the molecule is COc1ccnc(CNCc2cnc(C)s2)c1OC. The first-order chi connectivity index (χ1) is 9.24. The largest absolute Gasteiger partial charge is 0.493 e. The predicted octanol–water partition coefficient (Wildman–Crippen LogP) is 2.15. The van der Waals surface area contributed by atoms with Gasteiger partial charge in [0, 0.05) is 36.4 Å². The van der Waals surface area contributed by atoms with Crippen LogP contribution in [0.3, 0.4) is 0 Å². The quantitative estimate of drug-likeness (QED) is 0.878. The monoisotopic (exact) mass is 279 g/mol. The Kier molecular flexibility index (Phi) is 4.70. The smallest absolute Gasteiger partial charge is 0.183 e. The molecule has 2 aromatic rings. The lowest BCUT2D eigenvalue weighted by atomic mass is 10.3. The molecular weight excluding hydrogens is 262 g/mol. The van der Waals surface area contributed by atoms with Crippen molar-refractivity contribution in [2.75, 3.05) is 14.2 Å². The molecule has 0 spiro atoms. The molecular formula is C13H17N3O2S. The van der Waals surface area contributed by atoms with Crippen LogP contribution in [-0.2, 0) is 13.1 Å². The number of hydrogen-bond acceptors (Lipinski definition) is 6. The van der Waals surface area contributed by atoms with Gasteiger partial charge >= 0.3 is 0 Å². The third-order valence-electron chi connectivity index (χ3n) is 2.63. The molecule has 19 heavy (non-hydrogen) atoms. The summed E-state index contributed by atoms with van der Waals surface area (Å²) in [7, 11) is 3.24. The van der Waals surface area contributed by atoms with Crippen molar-refractivity contribution < 1.29 is 9.47 Å². The molecule has 0 saturated heterocycles. The highest BCUT2D eigenvalue weighted by atomic mass is 32.1. The number of hydrogen-bond donors (Lipinski definition) is 1. The van der Waals surface area contributed by atoms with E-state index in [9.17, 15) is 0 Å². The average Bonchev–Trinajstić information content (AvgIpc) is 2.84. The van der Waals surface area contributed by atoms with Crippen molar-refractivity contribution >= 4 is 11.3 Å². The number of ether oxygens (including phenoxy) is 2. The second-order valence-electron chi connectivity index (χ2n) is 3.94. The Hall–Kier alpha value is -1.66. The molecule has 0 aromatic carbocycles. The van der Waals surface area contributed by atoms with E-state index in [-0.39, 0.29) is 0 Å². The molecule has 0 unspecified atom stereocenters. The predicted molar refractivity (Wildman–Crippen MR) is 74.7 cm³/mol. The fraction of sp³-hybridized carbons (Fsp3) is 0.385. The lowest BCUT2D eigenvalue weighted by molar-refractivity contribution is 0.348. The molecule has 0 aliphatic rings. The third-order valence-corrected chi connectivity index (χ3v) is 3.54. The van der Waals surface area contributed by atoms with E-state index in [4.69, 9.17) is 9.47 Å². The molecule has 0 aliphatic carbocycles. The molecule has 1 N–H and O–H groups in total. The molecule has 0 radical (unpaired) electrons. The van der Waals surface area contributed by atoms with Crippen molar-refractivity contribution in [3.8, 4) is 11.5 Å². The number of rotatable bonds is 6. The van der Waals surface area contributed by atoms with Gasteiger partial charge < -0.3 is 14.8 Å². The summed E-state index contributed by atoms with van der Waals surface area (Å²) in [6.45, 7) is 3.39. The Morgan fingerprint density at radius 2 is 2.05 bits per heavy atom. The average molecular weight is 279 g/mol. The van der Waals surface area contributed by atoms with Gasteiger partial charge in [-0.05, 0) is 6.92 Å². The van der Waals surface area contributed by atoms with Crippen molar-refractivity contribution in [1.82, 2.24) is 15.3 Å². The van der Waals surface area contributed by atoms with Gasteiger partial charge in [-0.1, -0.05) is 0 Å². The molecule has 2 aromatic heterocycles. The van der Waals surface area contributed by atoms with Crippen molar-refractivity contribution in [1.29, 1.82) is 0 Å². The van der Waals surface area contributed by atoms with Crippen LogP contribution in [0, 0.1) is 6.92 Å². The van der Waals surface area contributed by atoms with E-state index in [1.165, 1.54) is 4.88 Å². The second kappa shape index (κ2) is 6.49. The zero-order valence-corrected chi connectivity index (χ0v) is 12.1. The fourth-order valence-electron chi connectivity index (χ4n) is 1.77. The van der Waals surface area contributed by atoms with Gasteiger partial charge in [-0.2, -0.15) is 0 Å². The van der Waals surface area contributed by atoms with Crippen LogP contribution >= 0.6 is 11.3 Å². The normalized spacial score (nSPS) is 10.5. The molecule has 6 heteroatoms. The number of aryl methyl sites for hydroxylation is 1. The first kappa shape index (κ1) is 13.8. The zero-order chi connectivity index (χ0) is 13.7. The Balaban J connectivity index is 1.99. The van der Waals surface area contributed by atoms with Crippen LogP contribution in [0.15, 0.2) is 18.5 Å². The maximum absolute atomic E-state index is 5.34. The zero-order valence-electron chi connectivity index (χ0n) is 11.3. The molecule has 0 fully saturated rings. The van der Waals surface area contributed by atoms with E-state index in [2.05, 4.69) is 15.3 Å². The summed E-state index contributed by atoms with van der Waals surface area (Å²) in [6, 6.07) is 1.79. The first-order valence-corrected chi connectivity index (χ1v) is 6.74. The standard InChI is InChI=1S/C13H17N3O2S/c1-9-16-7-10(19-9)6-14-8-11-13(18-3)12(17-2)4-5-15-11/h4-5,7,14H,6,8H2,1-3H3. The number of nitrogens with zero attached hydrogens (tertiary/aromatic N) is 2. The topological polar surface area (TPSA) is 56.3 Å². The van der Waals surface area contributed by atoms with Gasteiger partial charge in [0.2, 0.25) is 0 Å². The van der Waals surface area contributed by atoms with E-state index in [0.29, 0.717) is 18.0 Å². The van der Waals surface area contributed by atoms with Gasteiger partial charge in [-0.15, -0.1) is 11.3 Å². The minimum absolute atomic E-state index is 0.622. The molecule has 0 bridgehead atoms. The van der Waals surface area contributed by atoms with Crippen LogP contribution in [0.4, 0.5) is 0 Å². The lowest BCUT2D eigenvalue weighted by Crippen LogP contribution is -2.14. The van der Waals surface area contributed by atoms with Gasteiger partial charge in [0.05, 0.1) is 24.9 Å². The summed E-state index contributed by atoms with van der Waals surface area (Å²) < 4.78 is 10.6. The Morgan fingerprint density at radius 1 is 1.21 bits per heavy atom. The molecule has 0 saturated carbocycles. The summed E-state index contributed by atoms with van der Waals surface area (Å²) in [5, 5.41) is 4.41. The highest BCUT2D eigenvalue weighted by Gasteiger charge is 2.10. The number of methoxy groups -OCH3 is 2. The summed E-state index contributed by atoms with van der Waals surface area (Å²) in [5.41, 5.74) is 0.836. The van der Waals surface area contributed by atoms with Crippen LogP contribution in [0.1, 0.15) is 15.6 Å². The van der Waals surface area contributed by atoms with E-state index in [0.717, 1.165) is 17.2 Å². The van der Waals surface area contributed by atoms with Crippen LogP contribution in [0.5, 0.6) is 11.5 Å². The Bertz CT molecular complexity index is 542. The van der Waals surface area contributed by atoms with E-state index in [1.54, 1.807) is 37.8 Å². The number of nitrogens with one attached hydrogen (secondary N) is 1. The highest BCUT2D eigenvalue weighted by Crippen LogP contribution is 2.28. The van der Waals surface area contributed by atoms with Gasteiger partial charge in [0.15, 0.2) is 11.5 Å². The molecule has 0 atom stereocenters. The van der Waals surface area contributed by atoms with E-state index >= 15 is 0 Å². The van der Waals surface area contributed by atoms with Crippen molar-refractivity contribution in [2.24, 2.45) is 0 Å². The third kappa shape index (κ3) is 3.42. The second-order valence-corrected chi connectivity index (χ2v) is 5.26. The van der Waals surface area contributed by atoms with E-state index < -0.39 is 0 Å². The molecule has 0 amide bonds.